The highest BCUT2D eigenvalue weighted by Gasteiger charge is 2.19. The number of hydrogen-bond acceptors (Lipinski definition) is 9. The summed E-state index contributed by atoms with van der Waals surface area (Å²) in [5.41, 5.74) is 13.0. The van der Waals surface area contributed by atoms with Crippen molar-refractivity contribution >= 4 is 11.4 Å². The summed E-state index contributed by atoms with van der Waals surface area (Å²) in [4.78, 5) is 0. The molecule has 0 spiro atoms. The number of nitrogen functional groups attached to an aromatic ring is 2. The van der Waals surface area contributed by atoms with Crippen LogP contribution in [0.2, 0.25) is 0 Å². The third-order valence-corrected chi connectivity index (χ3v) is 5.93. The van der Waals surface area contributed by atoms with E-state index in [1.54, 1.807) is 103 Å². The quantitative estimate of drug-likeness (QED) is 0.185. The Labute approximate surface area is 241 Å². The molecule has 0 unspecified atom stereocenters. The van der Waals surface area contributed by atoms with Crippen LogP contribution in [0.15, 0.2) is 103 Å². The molecule has 0 saturated heterocycles. The minimum absolute atomic E-state index is 0.0530. The van der Waals surface area contributed by atoms with Gasteiger partial charge in [0, 0.05) is 17.4 Å². The second kappa shape index (κ2) is 12.0. The molecule has 42 heavy (non-hydrogen) atoms. The number of hydrogen-bond donors (Lipinski definition) is 2. The van der Waals surface area contributed by atoms with Crippen molar-refractivity contribution in [2.24, 2.45) is 0 Å². The van der Waals surface area contributed by atoms with Gasteiger partial charge in [0.25, 0.3) is 0 Å². The molecule has 5 rings (SSSR count). The van der Waals surface area contributed by atoms with Crippen molar-refractivity contribution in [2.45, 2.75) is 0 Å². The molecule has 0 radical (unpaired) electrons. The van der Waals surface area contributed by atoms with Gasteiger partial charge in [0.15, 0.2) is 0 Å². The molecular weight excluding hydrogens is 530 g/mol. The lowest BCUT2D eigenvalue weighted by molar-refractivity contribution is 0.443. The highest BCUT2D eigenvalue weighted by molar-refractivity contribution is 5.61. The summed E-state index contributed by atoms with van der Waals surface area (Å²) in [6.07, 6.45) is 0. The molecule has 5 aromatic carbocycles. The van der Waals surface area contributed by atoms with Gasteiger partial charge in [-0.15, -0.1) is 0 Å². The van der Waals surface area contributed by atoms with E-state index in [4.69, 9.17) is 30.4 Å². The fraction of sp³-hybridized carbons (Fsp3) is 0. The minimum atomic E-state index is 0.0530. The van der Waals surface area contributed by atoms with E-state index in [1.165, 1.54) is 0 Å². The van der Waals surface area contributed by atoms with Gasteiger partial charge in [-0.05, 0) is 72.8 Å². The smallest absolute Gasteiger partial charge is 0.149 e. The molecule has 0 aromatic heterocycles. The zero-order chi connectivity index (χ0) is 29.5. The second-order valence-corrected chi connectivity index (χ2v) is 8.77. The Morgan fingerprint density at radius 3 is 1.19 bits per heavy atom. The number of nitrogens with two attached hydrogens (primary N) is 2. The average Bonchev–Trinajstić information content (AvgIpc) is 2.99. The van der Waals surface area contributed by atoms with Gasteiger partial charge in [-0.3, -0.25) is 0 Å². The minimum Gasteiger partial charge on any atom is -0.456 e. The second-order valence-electron chi connectivity index (χ2n) is 8.77. The molecule has 4 N–H and O–H groups in total. The Balaban J connectivity index is 1.45. The maximum atomic E-state index is 10.0. The van der Waals surface area contributed by atoms with Crippen molar-refractivity contribution in [3.8, 4) is 64.2 Å². The highest BCUT2D eigenvalue weighted by atomic mass is 16.5. The van der Waals surface area contributed by atoms with E-state index in [2.05, 4.69) is 18.2 Å². The molecule has 0 saturated carbocycles. The van der Waals surface area contributed by atoms with E-state index in [1.807, 2.05) is 0 Å². The Bertz CT molecular complexity index is 1900. The molecule has 0 aliphatic heterocycles. The van der Waals surface area contributed by atoms with Crippen molar-refractivity contribution in [3.63, 3.8) is 0 Å². The first-order valence-electron chi connectivity index (χ1n) is 12.5. The summed E-state index contributed by atoms with van der Waals surface area (Å²) >= 11 is 0. The maximum absolute atomic E-state index is 10.0. The standard InChI is InChI=1S/C33H21N5O4/c34-18-25-28(39-23-15-13-21(37)14-16-23)7-2-9-30(25)41-32-11-4-12-33(27(32)20-36)42-31-10-3-8-29(26(31)19-35)40-24-6-1-5-22(38)17-24/h1-17H,37-38H2. The van der Waals surface area contributed by atoms with Crippen LogP contribution in [0, 0.1) is 34.0 Å². The molecule has 0 bridgehead atoms. The molecule has 9 heteroatoms. The fourth-order valence-electron chi connectivity index (χ4n) is 3.98. The van der Waals surface area contributed by atoms with Gasteiger partial charge in [0.2, 0.25) is 0 Å². The van der Waals surface area contributed by atoms with Crippen LogP contribution in [0.5, 0.6) is 46.0 Å². The highest BCUT2D eigenvalue weighted by Crippen LogP contribution is 2.40. The number of nitrogens with zero attached hydrogens (tertiary/aromatic N) is 3. The van der Waals surface area contributed by atoms with E-state index in [-0.39, 0.29) is 51.2 Å². The Morgan fingerprint density at radius 1 is 0.405 bits per heavy atom. The maximum Gasteiger partial charge on any atom is 0.149 e. The topological polar surface area (TPSA) is 160 Å². The summed E-state index contributed by atoms with van der Waals surface area (Å²) in [5, 5.41) is 29.9. The van der Waals surface area contributed by atoms with Crippen molar-refractivity contribution in [1.29, 1.82) is 15.8 Å². The molecule has 0 atom stereocenters. The van der Waals surface area contributed by atoms with Crippen molar-refractivity contribution in [1.82, 2.24) is 0 Å². The lowest BCUT2D eigenvalue weighted by Crippen LogP contribution is -1.97. The third kappa shape index (κ3) is 5.84. The van der Waals surface area contributed by atoms with E-state index in [0.717, 1.165) is 0 Å². The zero-order valence-corrected chi connectivity index (χ0v) is 21.9. The normalized spacial score (nSPS) is 10.0. The van der Waals surface area contributed by atoms with Crippen LogP contribution in [0.25, 0.3) is 0 Å². The molecule has 0 aliphatic carbocycles. The Kier molecular flexibility index (Phi) is 7.73. The molecule has 202 valence electrons. The van der Waals surface area contributed by atoms with E-state index < -0.39 is 0 Å². The van der Waals surface area contributed by atoms with Crippen molar-refractivity contribution in [2.75, 3.05) is 11.5 Å². The van der Waals surface area contributed by atoms with Gasteiger partial charge < -0.3 is 30.4 Å². The molecule has 5 aromatic rings. The first-order valence-corrected chi connectivity index (χ1v) is 12.5. The van der Waals surface area contributed by atoms with Gasteiger partial charge in [-0.1, -0.05) is 24.3 Å². The predicted molar refractivity (Wildman–Crippen MR) is 155 cm³/mol. The van der Waals surface area contributed by atoms with E-state index >= 15 is 0 Å². The number of benzene rings is 5. The van der Waals surface area contributed by atoms with Crippen LogP contribution >= 0.6 is 0 Å². The molecule has 9 nitrogen and oxygen atoms in total. The van der Waals surface area contributed by atoms with Crippen molar-refractivity contribution in [3.05, 3.63) is 120 Å². The van der Waals surface area contributed by atoms with Crippen LogP contribution in [-0.4, -0.2) is 0 Å². The third-order valence-electron chi connectivity index (χ3n) is 5.93. The summed E-state index contributed by atoms with van der Waals surface area (Å²) in [5.74, 6) is 2.08. The molecular formula is C33H21N5O4. The predicted octanol–water partition coefficient (Wildman–Crippen LogP) is 7.64. The molecule has 0 aliphatic rings. The Hall–Kier alpha value is -6.63. The molecule has 0 amide bonds. The number of anilines is 2. The summed E-state index contributed by atoms with van der Waals surface area (Å²) in [7, 11) is 0. The molecule has 0 fully saturated rings. The average molecular weight is 552 g/mol. The van der Waals surface area contributed by atoms with E-state index in [9.17, 15) is 15.8 Å². The lowest BCUT2D eigenvalue weighted by atomic mass is 10.1. The Morgan fingerprint density at radius 2 is 0.786 bits per heavy atom. The zero-order valence-electron chi connectivity index (χ0n) is 21.9. The fourth-order valence-corrected chi connectivity index (χ4v) is 3.98. The van der Waals surface area contributed by atoms with Gasteiger partial charge in [0.1, 0.15) is 80.9 Å². The van der Waals surface area contributed by atoms with Gasteiger partial charge >= 0.3 is 0 Å². The van der Waals surface area contributed by atoms with Gasteiger partial charge in [-0.25, -0.2) is 0 Å². The number of rotatable bonds is 8. The first kappa shape index (κ1) is 27.0. The van der Waals surface area contributed by atoms with Crippen LogP contribution in [0.3, 0.4) is 0 Å². The summed E-state index contributed by atoms with van der Waals surface area (Å²) < 4.78 is 23.8. The lowest BCUT2D eigenvalue weighted by Gasteiger charge is -2.15. The van der Waals surface area contributed by atoms with Gasteiger partial charge in [-0.2, -0.15) is 15.8 Å². The summed E-state index contributed by atoms with van der Waals surface area (Å²) in [6, 6.07) is 34.4. The number of ether oxygens (including phenoxy) is 4. The van der Waals surface area contributed by atoms with Gasteiger partial charge in [0.05, 0.1) is 0 Å². The molecule has 0 heterocycles. The number of nitriles is 3. The SMILES string of the molecule is N#Cc1c(Oc2ccc(N)cc2)cccc1Oc1cccc(Oc2cccc(Oc3cccc(N)c3)c2C#N)c1C#N. The van der Waals surface area contributed by atoms with Crippen molar-refractivity contribution < 1.29 is 18.9 Å². The van der Waals surface area contributed by atoms with Crippen LogP contribution < -0.4 is 30.4 Å². The summed E-state index contributed by atoms with van der Waals surface area (Å²) in [6.45, 7) is 0. The van der Waals surface area contributed by atoms with Crippen LogP contribution in [0.4, 0.5) is 11.4 Å². The monoisotopic (exact) mass is 551 g/mol. The largest absolute Gasteiger partial charge is 0.456 e. The van der Waals surface area contributed by atoms with Crippen LogP contribution in [-0.2, 0) is 0 Å². The first-order chi connectivity index (χ1) is 20.5. The van der Waals surface area contributed by atoms with E-state index in [0.29, 0.717) is 22.9 Å². The van der Waals surface area contributed by atoms with Crippen LogP contribution in [0.1, 0.15) is 16.7 Å².